The van der Waals surface area contributed by atoms with Crippen molar-refractivity contribution < 1.29 is 4.52 Å². The number of nitrogen functional groups attached to an aromatic ring is 1. The maximum Gasteiger partial charge on any atom is 0.172 e. The summed E-state index contributed by atoms with van der Waals surface area (Å²) < 4.78 is 5.34. The number of benzene rings is 1. The van der Waals surface area contributed by atoms with Gasteiger partial charge in [-0.1, -0.05) is 50.2 Å². The molecule has 2 N–H and O–H groups in total. The molecule has 0 fully saturated rings. The van der Waals surface area contributed by atoms with E-state index in [0.29, 0.717) is 11.7 Å². The number of nitrogens with zero attached hydrogens (tertiary/aromatic N) is 1. The Labute approximate surface area is 102 Å². The van der Waals surface area contributed by atoms with Gasteiger partial charge in [0.05, 0.1) is 0 Å². The molecular weight excluding hydrogens is 212 g/mol. The molecule has 0 radical (unpaired) electrons. The fraction of sp³-hybridized carbons (Fsp3) is 0.357. The lowest BCUT2D eigenvalue weighted by Gasteiger charge is -2.05. The van der Waals surface area contributed by atoms with Crippen molar-refractivity contribution in [1.29, 1.82) is 0 Å². The van der Waals surface area contributed by atoms with Crippen LogP contribution in [0.25, 0.3) is 11.3 Å². The van der Waals surface area contributed by atoms with E-state index in [1.54, 1.807) is 0 Å². The summed E-state index contributed by atoms with van der Waals surface area (Å²) in [5, 5.41) is 3.86. The second-order valence-corrected chi connectivity index (χ2v) is 4.52. The molecule has 90 valence electrons. The highest BCUT2D eigenvalue weighted by Gasteiger charge is 2.18. The largest absolute Gasteiger partial charge is 0.381 e. The number of hydrogen-bond acceptors (Lipinski definition) is 3. The van der Waals surface area contributed by atoms with Gasteiger partial charge in [0.1, 0.15) is 0 Å². The van der Waals surface area contributed by atoms with Gasteiger partial charge >= 0.3 is 0 Å². The van der Waals surface area contributed by atoms with Crippen molar-refractivity contribution in [3.8, 4) is 11.3 Å². The van der Waals surface area contributed by atoms with Gasteiger partial charge in [0, 0.05) is 11.1 Å². The second-order valence-electron chi connectivity index (χ2n) is 4.52. The molecular formula is C14H18N2O. The first-order chi connectivity index (χ1) is 8.13. The van der Waals surface area contributed by atoms with Crippen molar-refractivity contribution in [2.24, 2.45) is 0 Å². The monoisotopic (exact) mass is 230 g/mol. The highest BCUT2D eigenvalue weighted by molar-refractivity contribution is 5.67. The van der Waals surface area contributed by atoms with E-state index in [-0.39, 0.29) is 0 Å². The van der Waals surface area contributed by atoms with Gasteiger partial charge in [0.15, 0.2) is 11.6 Å². The van der Waals surface area contributed by atoms with Crippen LogP contribution in [0, 0.1) is 0 Å². The molecule has 2 rings (SSSR count). The molecule has 0 amide bonds. The molecule has 3 heteroatoms. The van der Waals surface area contributed by atoms with Crippen LogP contribution in [0.1, 0.15) is 37.8 Å². The van der Waals surface area contributed by atoms with Crippen LogP contribution in [0.2, 0.25) is 0 Å². The molecule has 1 aromatic heterocycles. The van der Waals surface area contributed by atoms with Gasteiger partial charge in [-0.15, -0.1) is 0 Å². The first kappa shape index (κ1) is 11.7. The quantitative estimate of drug-likeness (QED) is 0.876. The molecule has 0 unspecified atom stereocenters. The zero-order chi connectivity index (χ0) is 12.4. The van der Waals surface area contributed by atoms with E-state index in [0.717, 1.165) is 23.3 Å². The highest BCUT2D eigenvalue weighted by Crippen LogP contribution is 2.33. The van der Waals surface area contributed by atoms with Crippen LogP contribution in [-0.4, -0.2) is 5.16 Å². The van der Waals surface area contributed by atoms with Gasteiger partial charge in [-0.2, -0.15) is 0 Å². The number of rotatable bonds is 3. The Morgan fingerprint density at radius 1 is 1.24 bits per heavy atom. The van der Waals surface area contributed by atoms with E-state index in [4.69, 9.17) is 10.3 Å². The van der Waals surface area contributed by atoms with Gasteiger partial charge in [-0.05, 0) is 17.9 Å². The Kier molecular flexibility index (Phi) is 3.18. The average molecular weight is 230 g/mol. The molecule has 0 aliphatic heterocycles. The van der Waals surface area contributed by atoms with Crippen molar-refractivity contribution in [2.75, 3.05) is 5.73 Å². The maximum atomic E-state index is 5.83. The van der Waals surface area contributed by atoms with Crippen molar-refractivity contribution in [3.63, 3.8) is 0 Å². The molecule has 0 atom stereocenters. The van der Waals surface area contributed by atoms with Crippen LogP contribution in [-0.2, 0) is 6.42 Å². The predicted molar refractivity (Wildman–Crippen MR) is 69.8 cm³/mol. The topological polar surface area (TPSA) is 52.0 Å². The van der Waals surface area contributed by atoms with Crippen LogP contribution in [0.15, 0.2) is 28.8 Å². The minimum atomic E-state index is 0.308. The minimum absolute atomic E-state index is 0.308. The summed E-state index contributed by atoms with van der Waals surface area (Å²) in [5.74, 6) is 1.59. The summed E-state index contributed by atoms with van der Waals surface area (Å²) in [4.78, 5) is 0. The van der Waals surface area contributed by atoms with Crippen LogP contribution in [0.4, 0.5) is 5.82 Å². The van der Waals surface area contributed by atoms with Gasteiger partial charge in [0.25, 0.3) is 0 Å². The molecule has 17 heavy (non-hydrogen) atoms. The molecule has 1 aromatic carbocycles. The molecule has 0 bridgehead atoms. The first-order valence-electron chi connectivity index (χ1n) is 5.97. The summed E-state index contributed by atoms with van der Waals surface area (Å²) in [5.41, 5.74) is 9.18. The van der Waals surface area contributed by atoms with Crippen molar-refractivity contribution in [3.05, 3.63) is 35.4 Å². The van der Waals surface area contributed by atoms with E-state index in [9.17, 15) is 0 Å². The molecule has 0 saturated heterocycles. The molecule has 2 aromatic rings. The Morgan fingerprint density at radius 2 is 1.88 bits per heavy atom. The summed E-state index contributed by atoms with van der Waals surface area (Å²) >= 11 is 0. The van der Waals surface area contributed by atoms with Crippen LogP contribution >= 0.6 is 0 Å². The lowest BCUT2D eigenvalue weighted by atomic mass is 9.98. The SMILES string of the molecule is CCc1ccc(-c2onc(N)c2C(C)C)cc1. The highest BCUT2D eigenvalue weighted by atomic mass is 16.5. The number of aryl methyl sites for hydroxylation is 1. The number of anilines is 1. The summed E-state index contributed by atoms with van der Waals surface area (Å²) in [7, 11) is 0. The molecule has 0 aliphatic rings. The second kappa shape index (κ2) is 4.62. The van der Waals surface area contributed by atoms with Crippen LogP contribution in [0.3, 0.4) is 0 Å². The first-order valence-corrected chi connectivity index (χ1v) is 5.97. The zero-order valence-corrected chi connectivity index (χ0v) is 10.5. The third-order valence-electron chi connectivity index (χ3n) is 2.96. The summed E-state index contributed by atoms with van der Waals surface area (Å²) in [6, 6.07) is 8.34. The number of hydrogen-bond donors (Lipinski definition) is 1. The van der Waals surface area contributed by atoms with Gasteiger partial charge in [-0.25, -0.2) is 0 Å². The lowest BCUT2D eigenvalue weighted by molar-refractivity contribution is 0.434. The van der Waals surface area contributed by atoms with E-state index in [1.807, 2.05) is 0 Å². The minimum Gasteiger partial charge on any atom is -0.381 e. The van der Waals surface area contributed by atoms with Crippen molar-refractivity contribution >= 4 is 5.82 Å². The molecule has 0 aliphatic carbocycles. The predicted octanol–water partition coefficient (Wildman–Crippen LogP) is 3.61. The van der Waals surface area contributed by atoms with Crippen molar-refractivity contribution in [1.82, 2.24) is 5.16 Å². The average Bonchev–Trinajstić information content (AvgIpc) is 2.71. The van der Waals surface area contributed by atoms with Crippen LogP contribution in [0.5, 0.6) is 0 Å². The Bertz CT molecular complexity index is 497. The van der Waals surface area contributed by atoms with E-state index in [1.165, 1.54) is 5.56 Å². The Morgan fingerprint density at radius 3 is 2.41 bits per heavy atom. The lowest BCUT2D eigenvalue weighted by Crippen LogP contribution is -1.95. The van der Waals surface area contributed by atoms with E-state index >= 15 is 0 Å². The van der Waals surface area contributed by atoms with Gasteiger partial charge in [0.2, 0.25) is 0 Å². The van der Waals surface area contributed by atoms with Crippen LogP contribution < -0.4 is 5.73 Å². The summed E-state index contributed by atoms with van der Waals surface area (Å²) in [6.45, 7) is 6.32. The standard InChI is InChI=1S/C14H18N2O/c1-4-10-5-7-11(8-6-10)13-12(9(2)3)14(15)16-17-13/h5-9H,4H2,1-3H3,(H2,15,16). The molecule has 0 saturated carbocycles. The molecule has 1 heterocycles. The fourth-order valence-electron chi connectivity index (χ4n) is 1.97. The third-order valence-corrected chi connectivity index (χ3v) is 2.96. The normalized spacial score (nSPS) is 11.1. The van der Waals surface area contributed by atoms with Gasteiger partial charge in [-0.3, -0.25) is 0 Å². The third kappa shape index (κ3) is 2.18. The zero-order valence-electron chi connectivity index (χ0n) is 10.5. The molecule has 0 spiro atoms. The number of nitrogens with two attached hydrogens (primary N) is 1. The smallest absolute Gasteiger partial charge is 0.172 e. The van der Waals surface area contributed by atoms with Crippen molar-refractivity contribution in [2.45, 2.75) is 33.1 Å². The maximum absolute atomic E-state index is 5.83. The van der Waals surface area contributed by atoms with E-state index in [2.05, 4.69) is 50.2 Å². The number of aromatic nitrogens is 1. The van der Waals surface area contributed by atoms with Gasteiger partial charge < -0.3 is 10.3 Å². The Balaban J connectivity index is 2.45. The summed E-state index contributed by atoms with van der Waals surface area (Å²) in [6.07, 6.45) is 1.04. The fourth-order valence-corrected chi connectivity index (χ4v) is 1.97. The van der Waals surface area contributed by atoms with E-state index < -0.39 is 0 Å². The molecule has 3 nitrogen and oxygen atoms in total. The Hall–Kier alpha value is -1.77.